The lowest BCUT2D eigenvalue weighted by Crippen LogP contribution is -2.36. The summed E-state index contributed by atoms with van der Waals surface area (Å²) < 4.78 is 16.2. The van der Waals surface area contributed by atoms with Crippen molar-refractivity contribution in [1.82, 2.24) is 4.98 Å². The van der Waals surface area contributed by atoms with Crippen LogP contribution in [0.2, 0.25) is 0 Å². The summed E-state index contributed by atoms with van der Waals surface area (Å²) in [5.41, 5.74) is 1.61. The molecule has 1 aliphatic rings. The molecule has 0 unspecified atom stereocenters. The molecule has 1 saturated heterocycles. The molecule has 1 aliphatic heterocycles. The molecular formula is C12H14N2O3. The number of hydrogen-bond acceptors (Lipinski definition) is 5. The fourth-order valence-corrected chi connectivity index (χ4v) is 1.91. The quantitative estimate of drug-likeness (QED) is 0.791. The lowest BCUT2D eigenvalue weighted by molar-refractivity contribution is 0.120. The molecule has 0 aliphatic carbocycles. The molecule has 2 aromatic rings. The lowest BCUT2D eigenvalue weighted by Gasteiger charge is -2.24. The first-order valence-corrected chi connectivity index (χ1v) is 5.64. The Morgan fingerprint density at radius 1 is 1.29 bits per heavy atom. The second-order valence-corrected chi connectivity index (χ2v) is 3.93. The fourth-order valence-electron chi connectivity index (χ4n) is 1.91. The molecule has 0 amide bonds. The third-order valence-electron chi connectivity index (χ3n) is 2.87. The van der Waals surface area contributed by atoms with Gasteiger partial charge in [0.15, 0.2) is 5.58 Å². The van der Waals surface area contributed by atoms with E-state index in [1.807, 2.05) is 18.2 Å². The maximum Gasteiger partial charge on any atom is 0.298 e. The van der Waals surface area contributed by atoms with Gasteiger partial charge in [-0.05, 0) is 12.1 Å². The van der Waals surface area contributed by atoms with E-state index in [0.717, 1.165) is 43.2 Å². The topological polar surface area (TPSA) is 47.7 Å². The largest absolute Gasteiger partial charge is 0.497 e. The molecule has 5 heteroatoms. The van der Waals surface area contributed by atoms with Crippen LogP contribution in [0.1, 0.15) is 0 Å². The number of fused-ring (bicyclic) bond motifs is 1. The Kier molecular flexibility index (Phi) is 2.60. The van der Waals surface area contributed by atoms with Crippen LogP contribution < -0.4 is 9.64 Å². The van der Waals surface area contributed by atoms with Crippen molar-refractivity contribution in [2.75, 3.05) is 38.3 Å². The van der Waals surface area contributed by atoms with Gasteiger partial charge in [0.1, 0.15) is 11.3 Å². The third kappa shape index (κ3) is 1.93. The Balaban J connectivity index is 1.95. The molecule has 0 radical (unpaired) electrons. The van der Waals surface area contributed by atoms with E-state index in [4.69, 9.17) is 13.9 Å². The van der Waals surface area contributed by atoms with Crippen LogP contribution in [0.4, 0.5) is 6.01 Å². The van der Waals surface area contributed by atoms with E-state index < -0.39 is 0 Å². The summed E-state index contributed by atoms with van der Waals surface area (Å²) in [4.78, 5) is 6.55. The average molecular weight is 234 g/mol. The van der Waals surface area contributed by atoms with Crippen molar-refractivity contribution >= 4 is 17.1 Å². The highest BCUT2D eigenvalue weighted by atomic mass is 16.5. The van der Waals surface area contributed by atoms with Crippen LogP contribution in [0.3, 0.4) is 0 Å². The second kappa shape index (κ2) is 4.25. The number of hydrogen-bond donors (Lipinski definition) is 0. The number of oxazole rings is 1. The SMILES string of the molecule is COc1ccc2nc(N3CCOCC3)oc2c1. The molecule has 5 nitrogen and oxygen atoms in total. The van der Waals surface area contributed by atoms with E-state index >= 15 is 0 Å². The summed E-state index contributed by atoms with van der Waals surface area (Å²) in [5.74, 6) is 0.780. The maximum absolute atomic E-state index is 5.73. The minimum atomic E-state index is 0.663. The van der Waals surface area contributed by atoms with Gasteiger partial charge in [0.05, 0.1) is 20.3 Å². The summed E-state index contributed by atoms with van der Waals surface area (Å²) in [5, 5.41) is 0. The number of anilines is 1. The van der Waals surface area contributed by atoms with Crippen LogP contribution in [0, 0.1) is 0 Å². The second-order valence-electron chi connectivity index (χ2n) is 3.93. The van der Waals surface area contributed by atoms with Crippen LogP contribution in [-0.2, 0) is 4.74 Å². The van der Waals surface area contributed by atoms with Crippen molar-refractivity contribution < 1.29 is 13.9 Å². The molecule has 1 aromatic carbocycles. The molecule has 0 N–H and O–H groups in total. The highest BCUT2D eigenvalue weighted by Gasteiger charge is 2.17. The predicted octanol–water partition coefficient (Wildman–Crippen LogP) is 1.67. The van der Waals surface area contributed by atoms with Gasteiger partial charge in [-0.25, -0.2) is 0 Å². The first kappa shape index (κ1) is 10.4. The van der Waals surface area contributed by atoms with Crippen LogP contribution in [0.5, 0.6) is 5.75 Å². The average Bonchev–Trinajstić information content (AvgIpc) is 2.82. The van der Waals surface area contributed by atoms with Crippen LogP contribution >= 0.6 is 0 Å². The standard InChI is InChI=1S/C12H14N2O3/c1-15-9-2-3-10-11(8-9)17-12(13-10)14-4-6-16-7-5-14/h2-3,8H,4-7H2,1H3. The summed E-state index contributed by atoms with van der Waals surface area (Å²) in [7, 11) is 1.64. The van der Waals surface area contributed by atoms with Crippen LogP contribution in [-0.4, -0.2) is 38.4 Å². The molecule has 90 valence electrons. The zero-order valence-electron chi connectivity index (χ0n) is 9.68. The van der Waals surface area contributed by atoms with E-state index in [2.05, 4.69) is 9.88 Å². The number of morpholine rings is 1. The smallest absolute Gasteiger partial charge is 0.298 e. The highest BCUT2D eigenvalue weighted by molar-refractivity contribution is 5.76. The summed E-state index contributed by atoms with van der Waals surface area (Å²) in [6.45, 7) is 3.10. The Labute approximate surface area is 98.9 Å². The molecule has 3 rings (SSSR count). The monoisotopic (exact) mass is 234 g/mol. The number of nitrogens with zero attached hydrogens (tertiary/aromatic N) is 2. The van der Waals surface area contributed by atoms with Crippen molar-refractivity contribution in [2.45, 2.75) is 0 Å². The lowest BCUT2D eigenvalue weighted by atomic mass is 10.3. The van der Waals surface area contributed by atoms with Crippen molar-refractivity contribution in [3.8, 4) is 5.75 Å². The van der Waals surface area contributed by atoms with Crippen LogP contribution in [0.15, 0.2) is 22.6 Å². The van der Waals surface area contributed by atoms with Gasteiger partial charge in [-0.2, -0.15) is 4.98 Å². The Morgan fingerprint density at radius 3 is 2.88 bits per heavy atom. The zero-order valence-corrected chi connectivity index (χ0v) is 9.68. The van der Waals surface area contributed by atoms with E-state index in [1.165, 1.54) is 0 Å². The minimum Gasteiger partial charge on any atom is -0.497 e. The van der Waals surface area contributed by atoms with E-state index in [9.17, 15) is 0 Å². The molecule has 0 saturated carbocycles. The maximum atomic E-state index is 5.73. The first-order valence-electron chi connectivity index (χ1n) is 5.64. The van der Waals surface area contributed by atoms with Gasteiger partial charge in [0, 0.05) is 19.2 Å². The van der Waals surface area contributed by atoms with Crippen molar-refractivity contribution in [3.63, 3.8) is 0 Å². The molecule has 0 bridgehead atoms. The van der Waals surface area contributed by atoms with Gasteiger partial charge >= 0.3 is 0 Å². The number of rotatable bonds is 2. The van der Waals surface area contributed by atoms with E-state index in [1.54, 1.807) is 7.11 Å². The number of methoxy groups -OCH3 is 1. The Hall–Kier alpha value is -1.75. The molecule has 1 fully saturated rings. The minimum absolute atomic E-state index is 0.663. The highest BCUT2D eigenvalue weighted by Crippen LogP contribution is 2.25. The molecule has 0 atom stereocenters. The summed E-state index contributed by atoms with van der Waals surface area (Å²) >= 11 is 0. The Morgan fingerprint density at radius 2 is 2.12 bits per heavy atom. The Bertz CT molecular complexity index is 517. The van der Waals surface area contributed by atoms with Gasteiger partial charge in [-0.1, -0.05) is 0 Å². The molecule has 2 heterocycles. The van der Waals surface area contributed by atoms with Gasteiger partial charge < -0.3 is 18.8 Å². The zero-order chi connectivity index (χ0) is 11.7. The van der Waals surface area contributed by atoms with Crippen molar-refractivity contribution in [2.24, 2.45) is 0 Å². The predicted molar refractivity (Wildman–Crippen MR) is 63.6 cm³/mol. The summed E-state index contributed by atoms with van der Waals surface area (Å²) in [6.07, 6.45) is 0. The van der Waals surface area contributed by atoms with Crippen molar-refractivity contribution in [1.29, 1.82) is 0 Å². The molecule has 1 aromatic heterocycles. The van der Waals surface area contributed by atoms with Gasteiger partial charge in [-0.15, -0.1) is 0 Å². The fraction of sp³-hybridized carbons (Fsp3) is 0.417. The van der Waals surface area contributed by atoms with E-state index in [0.29, 0.717) is 6.01 Å². The number of aromatic nitrogens is 1. The van der Waals surface area contributed by atoms with E-state index in [-0.39, 0.29) is 0 Å². The molecule has 0 spiro atoms. The van der Waals surface area contributed by atoms with Gasteiger partial charge in [0.2, 0.25) is 0 Å². The van der Waals surface area contributed by atoms with Gasteiger partial charge in [-0.3, -0.25) is 0 Å². The first-order chi connectivity index (χ1) is 8.36. The molecular weight excluding hydrogens is 220 g/mol. The third-order valence-corrected chi connectivity index (χ3v) is 2.87. The summed E-state index contributed by atoms with van der Waals surface area (Å²) in [6, 6.07) is 6.30. The molecule has 17 heavy (non-hydrogen) atoms. The number of benzene rings is 1. The number of ether oxygens (including phenoxy) is 2. The van der Waals surface area contributed by atoms with Crippen molar-refractivity contribution in [3.05, 3.63) is 18.2 Å². The van der Waals surface area contributed by atoms with Crippen LogP contribution in [0.25, 0.3) is 11.1 Å². The normalized spacial score (nSPS) is 16.4. The van der Waals surface area contributed by atoms with Gasteiger partial charge in [0.25, 0.3) is 6.01 Å².